The Balaban J connectivity index is 2.83. The van der Waals surface area contributed by atoms with Crippen molar-refractivity contribution in [2.24, 2.45) is 5.73 Å². The Morgan fingerprint density at radius 2 is 2.20 bits per heavy atom. The van der Waals surface area contributed by atoms with E-state index in [0.29, 0.717) is 13.0 Å². The molecule has 3 nitrogen and oxygen atoms in total. The van der Waals surface area contributed by atoms with Crippen LogP contribution >= 0.6 is 15.9 Å². The molecule has 0 bridgehead atoms. The number of carbonyl (C=O) groups excluding carboxylic acids is 1. The van der Waals surface area contributed by atoms with Crippen molar-refractivity contribution in [3.05, 3.63) is 34.3 Å². The highest BCUT2D eigenvalue weighted by molar-refractivity contribution is 9.10. The molecule has 0 fully saturated rings. The van der Waals surface area contributed by atoms with E-state index in [1.807, 2.05) is 24.3 Å². The molecule has 0 heterocycles. The number of halogens is 1. The monoisotopic (exact) mass is 270 g/mol. The summed E-state index contributed by atoms with van der Waals surface area (Å²) in [6.07, 6.45) is 0.426. The smallest absolute Gasteiger partial charge is 0.220 e. The van der Waals surface area contributed by atoms with Crippen LogP contribution in [0.4, 0.5) is 0 Å². The molecule has 1 rings (SSSR count). The average Bonchev–Trinajstić information content (AvgIpc) is 2.26. The minimum absolute atomic E-state index is 0.0150. The number of carbonyl (C=O) groups is 1. The third-order valence-electron chi connectivity index (χ3n) is 2.34. The molecule has 0 saturated carbocycles. The number of hydrogen-bond acceptors (Lipinski definition) is 2. The summed E-state index contributed by atoms with van der Waals surface area (Å²) >= 11 is 3.46. The standard InChI is InChI=1S/C11H15BrN2O/c1-14-11(15)6-8(7-13)9-4-2-3-5-10(9)12/h2-5,8H,6-7,13H2,1H3,(H,14,15). The molecular formula is C11H15BrN2O. The molecule has 1 amide bonds. The van der Waals surface area contributed by atoms with Crippen molar-refractivity contribution in [3.8, 4) is 0 Å². The summed E-state index contributed by atoms with van der Waals surface area (Å²) in [5.74, 6) is 0.0849. The molecule has 1 aromatic rings. The lowest BCUT2D eigenvalue weighted by Crippen LogP contribution is -2.24. The molecule has 0 aliphatic rings. The van der Waals surface area contributed by atoms with Gasteiger partial charge in [0.25, 0.3) is 0 Å². The zero-order valence-corrected chi connectivity index (χ0v) is 10.3. The van der Waals surface area contributed by atoms with E-state index in [1.165, 1.54) is 0 Å². The van der Waals surface area contributed by atoms with Crippen LogP contribution in [-0.2, 0) is 4.79 Å². The van der Waals surface area contributed by atoms with Gasteiger partial charge in [-0.3, -0.25) is 4.79 Å². The number of nitrogens with one attached hydrogen (secondary N) is 1. The summed E-state index contributed by atoms with van der Waals surface area (Å²) in [4.78, 5) is 11.3. The van der Waals surface area contributed by atoms with Gasteiger partial charge in [0.05, 0.1) is 0 Å². The summed E-state index contributed by atoms with van der Waals surface area (Å²) in [6.45, 7) is 0.468. The van der Waals surface area contributed by atoms with E-state index < -0.39 is 0 Å². The highest BCUT2D eigenvalue weighted by atomic mass is 79.9. The molecule has 1 atom stereocenters. The maximum absolute atomic E-state index is 11.3. The Labute approximate surface area is 98.2 Å². The molecule has 3 N–H and O–H groups in total. The summed E-state index contributed by atoms with van der Waals surface area (Å²) in [5, 5.41) is 2.61. The van der Waals surface area contributed by atoms with Crippen LogP contribution in [0.3, 0.4) is 0 Å². The van der Waals surface area contributed by atoms with E-state index >= 15 is 0 Å². The van der Waals surface area contributed by atoms with Gasteiger partial charge in [0.1, 0.15) is 0 Å². The van der Waals surface area contributed by atoms with Crippen molar-refractivity contribution in [2.45, 2.75) is 12.3 Å². The van der Waals surface area contributed by atoms with E-state index in [9.17, 15) is 4.79 Å². The highest BCUT2D eigenvalue weighted by Crippen LogP contribution is 2.26. The van der Waals surface area contributed by atoms with E-state index in [4.69, 9.17) is 5.73 Å². The van der Waals surface area contributed by atoms with Crippen LogP contribution in [0.2, 0.25) is 0 Å². The van der Waals surface area contributed by atoms with E-state index in [1.54, 1.807) is 7.05 Å². The third kappa shape index (κ3) is 3.32. The number of hydrogen-bond donors (Lipinski definition) is 2. The lowest BCUT2D eigenvalue weighted by Gasteiger charge is -2.15. The fraction of sp³-hybridized carbons (Fsp3) is 0.364. The molecule has 0 aliphatic heterocycles. The van der Waals surface area contributed by atoms with Gasteiger partial charge >= 0.3 is 0 Å². The molecule has 82 valence electrons. The molecule has 0 saturated heterocycles. The molecular weight excluding hydrogens is 256 g/mol. The second kappa shape index (κ2) is 5.88. The van der Waals surface area contributed by atoms with Gasteiger partial charge in [-0.05, 0) is 18.2 Å². The number of benzene rings is 1. The molecule has 0 spiro atoms. The summed E-state index contributed by atoms with van der Waals surface area (Å²) < 4.78 is 1.00. The predicted molar refractivity (Wildman–Crippen MR) is 64.6 cm³/mol. The van der Waals surface area contributed by atoms with Crippen LogP contribution in [0.5, 0.6) is 0 Å². The molecule has 0 aromatic heterocycles. The fourth-order valence-electron chi connectivity index (χ4n) is 1.45. The highest BCUT2D eigenvalue weighted by Gasteiger charge is 2.15. The summed E-state index contributed by atoms with van der Waals surface area (Å²) in [7, 11) is 1.63. The first-order chi connectivity index (χ1) is 7.19. The van der Waals surface area contributed by atoms with Gasteiger partial charge < -0.3 is 11.1 Å². The second-order valence-corrected chi connectivity index (χ2v) is 4.19. The Hall–Kier alpha value is -0.870. The van der Waals surface area contributed by atoms with Gasteiger partial charge in [-0.25, -0.2) is 0 Å². The first kappa shape index (κ1) is 12.2. The Kier molecular flexibility index (Phi) is 4.78. The van der Waals surface area contributed by atoms with E-state index in [2.05, 4.69) is 21.2 Å². The zero-order valence-electron chi connectivity index (χ0n) is 8.66. The lowest BCUT2D eigenvalue weighted by molar-refractivity contribution is -0.120. The van der Waals surface area contributed by atoms with Gasteiger partial charge in [0.15, 0.2) is 0 Å². The first-order valence-corrected chi connectivity index (χ1v) is 5.63. The zero-order chi connectivity index (χ0) is 11.3. The summed E-state index contributed by atoms with van der Waals surface area (Å²) in [5.41, 5.74) is 6.76. The molecule has 1 unspecified atom stereocenters. The van der Waals surface area contributed by atoms with Crippen molar-refractivity contribution < 1.29 is 4.79 Å². The van der Waals surface area contributed by atoms with Crippen molar-refractivity contribution in [1.82, 2.24) is 5.32 Å². The van der Waals surface area contributed by atoms with Crippen LogP contribution in [0.15, 0.2) is 28.7 Å². The minimum atomic E-state index is 0.0150. The second-order valence-electron chi connectivity index (χ2n) is 3.33. The Morgan fingerprint density at radius 3 is 2.73 bits per heavy atom. The van der Waals surface area contributed by atoms with Gasteiger partial charge in [0.2, 0.25) is 5.91 Å². The van der Waals surface area contributed by atoms with Crippen LogP contribution in [0, 0.1) is 0 Å². The first-order valence-electron chi connectivity index (χ1n) is 4.84. The van der Waals surface area contributed by atoms with E-state index in [0.717, 1.165) is 10.0 Å². The number of nitrogens with two attached hydrogens (primary N) is 1. The topological polar surface area (TPSA) is 55.1 Å². The van der Waals surface area contributed by atoms with Crippen molar-refractivity contribution in [1.29, 1.82) is 0 Å². The normalized spacial score (nSPS) is 12.2. The van der Waals surface area contributed by atoms with Crippen molar-refractivity contribution in [3.63, 3.8) is 0 Å². The molecule has 0 aliphatic carbocycles. The molecule has 15 heavy (non-hydrogen) atoms. The quantitative estimate of drug-likeness (QED) is 0.874. The molecule has 0 radical (unpaired) electrons. The maximum atomic E-state index is 11.3. The van der Waals surface area contributed by atoms with Crippen LogP contribution in [-0.4, -0.2) is 19.5 Å². The number of rotatable bonds is 4. The van der Waals surface area contributed by atoms with Gasteiger partial charge in [0, 0.05) is 23.9 Å². The predicted octanol–water partition coefficient (Wildman–Crippen LogP) is 1.63. The third-order valence-corrected chi connectivity index (χ3v) is 3.06. The van der Waals surface area contributed by atoms with Crippen LogP contribution < -0.4 is 11.1 Å². The van der Waals surface area contributed by atoms with Crippen molar-refractivity contribution in [2.75, 3.05) is 13.6 Å². The SMILES string of the molecule is CNC(=O)CC(CN)c1ccccc1Br. The lowest BCUT2D eigenvalue weighted by atomic mass is 9.95. The van der Waals surface area contributed by atoms with E-state index in [-0.39, 0.29) is 11.8 Å². The van der Waals surface area contributed by atoms with Gasteiger partial charge in [-0.1, -0.05) is 34.1 Å². The molecule has 4 heteroatoms. The van der Waals surface area contributed by atoms with Crippen LogP contribution in [0.25, 0.3) is 0 Å². The van der Waals surface area contributed by atoms with Gasteiger partial charge in [-0.2, -0.15) is 0 Å². The molecule has 1 aromatic carbocycles. The summed E-state index contributed by atoms with van der Waals surface area (Å²) in [6, 6.07) is 7.85. The Bertz CT molecular complexity index is 341. The minimum Gasteiger partial charge on any atom is -0.359 e. The van der Waals surface area contributed by atoms with Crippen molar-refractivity contribution >= 4 is 21.8 Å². The Morgan fingerprint density at radius 1 is 1.53 bits per heavy atom. The maximum Gasteiger partial charge on any atom is 0.220 e. The van der Waals surface area contributed by atoms with Gasteiger partial charge in [-0.15, -0.1) is 0 Å². The fourth-order valence-corrected chi connectivity index (χ4v) is 2.06. The number of amides is 1. The van der Waals surface area contributed by atoms with Crippen LogP contribution in [0.1, 0.15) is 17.9 Å². The average molecular weight is 271 g/mol. The largest absolute Gasteiger partial charge is 0.359 e.